The summed E-state index contributed by atoms with van der Waals surface area (Å²) in [6.45, 7) is 2.37. The second-order valence-electron chi connectivity index (χ2n) is 19.2. The molecule has 83 heavy (non-hydrogen) atoms. The highest BCUT2D eigenvalue weighted by molar-refractivity contribution is 9.10. The van der Waals surface area contributed by atoms with Crippen molar-refractivity contribution in [3.05, 3.63) is 118 Å². The van der Waals surface area contributed by atoms with E-state index in [2.05, 4.69) is 110 Å². The number of aromatic nitrogens is 10. The van der Waals surface area contributed by atoms with Crippen molar-refractivity contribution in [3.63, 3.8) is 0 Å². The Hall–Kier alpha value is -7.48. The molecule has 0 radical (unpaired) electrons. The number of fused-ring (bicyclic) bond motifs is 4. The molecule has 6 atom stereocenters. The first-order chi connectivity index (χ1) is 38.8. The molecule has 2 aromatic carbocycles. The highest BCUT2D eigenvalue weighted by atomic mass is 79.9. The number of benzene rings is 2. The van der Waals surface area contributed by atoms with Crippen LogP contribution >= 0.6 is 57.8 Å². The van der Waals surface area contributed by atoms with Crippen LogP contribution in [-0.4, -0.2) is 119 Å². The molecule has 6 aromatic heterocycles. The summed E-state index contributed by atoms with van der Waals surface area (Å²) in [6.07, 6.45) is 9.79. The number of ketones is 2. The van der Waals surface area contributed by atoms with Crippen LogP contribution in [0.2, 0.25) is 0 Å². The number of pyridine rings is 2. The van der Waals surface area contributed by atoms with Crippen LogP contribution < -0.4 is 27.4 Å². The lowest BCUT2D eigenvalue weighted by atomic mass is 10.0. The number of hydrogen-bond donors (Lipinski definition) is 6. The van der Waals surface area contributed by atoms with Crippen LogP contribution in [-0.2, 0) is 54.6 Å². The number of carboxylic acids is 1. The van der Waals surface area contributed by atoms with E-state index < -0.39 is 23.6 Å². The number of amides is 3. The highest BCUT2D eigenvalue weighted by Crippen LogP contribution is 2.48. The zero-order chi connectivity index (χ0) is 58.0. The molecule has 432 valence electrons. The fraction of sp³-hybridized carbons (Fsp3) is 0.269. The molecule has 2 saturated carbocycles. The summed E-state index contributed by atoms with van der Waals surface area (Å²) in [6, 6.07) is 15.7. The standard InChI is InChI=1S/C26H22BrFN8O3.C15H13N5O3.C11H11BrFN3O.ClH.S2.H2S/c1-12(37)23-16-6-13(15-9-30-26(29)31-10-15)2-4-18(16)35(34-23)11-22(38)36-19-7-14(19)8-20(36)25(39)33-21-5-3-17(28)24(27)32-21;1-8(21)14-11-4-9(10-5-17-15(16)18-6-10)2-3-12(11)20(19-14)7-13(22)23;12-10-6(13)1-2-9(15-10)16-11(17)8-4-5-3-7(5)14-8;;1-2;/h2-6,9-10,14,19-20H,7-8,11H2,1H3,(H2,29,30,31)(H,32,33,39);2-6H,7H2,1H3,(H,22,23)(H2,16,17,18);1-2,5,7-8,14H,3-4H2,(H,15,16,17);1H;;1H2/t14-,19-,20+;;5-,7-,8+;;;/m1.1.../s1. The number of aliphatic carboxylic acids is 1. The molecule has 0 bridgehead atoms. The first kappa shape index (κ1) is 63.1. The summed E-state index contributed by atoms with van der Waals surface area (Å²) in [5.74, 6) is -1.43. The Kier molecular flexibility index (Phi) is 20.4. The van der Waals surface area contributed by atoms with Gasteiger partial charge in [-0.2, -0.15) is 23.7 Å². The zero-order valence-corrected chi connectivity index (χ0v) is 50.1. The molecule has 4 aliphatic rings. The van der Waals surface area contributed by atoms with Gasteiger partial charge in [-0.05, 0) is 129 Å². The molecule has 8 N–H and O–H groups in total. The lowest BCUT2D eigenvalue weighted by Crippen LogP contribution is -2.46. The first-order valence-corrected chi connectivity index (χ1v) is 27.6. The maximum atomic E-state index is 13.6. The van der Waals surface area contributed by atoms with Gasteiger partial charge in [0.2, 0.25) is 29.6 Å². The van der Waals surface area contributed by atoms with E-state index in [1.807, 2.05) is 12.1 Å². The van der Waals surface area contributed by atoms with Gasteiger partial charge < -0.3 is 37.4 Å². The number of carbonyl (C=O) groups excluding carboxylic acids is 5. The normalized spacial score (nSPS) is 18.4. The average Bonchev–Trinajstić information content (AvgIpc) is 3.96. The maximum Gasteiger partial charge on any atom is 0.325 e. The SMILES string of the molecule is CC(=O)c1nn(CC(=O)N2[C@@H]3C[C@@H]3C[C@H]2C(=O)Nc2ccc(F)c(Br)n2)c2ccc(-c3cnc(N)nc3)cc12.CC(=O)c1nn(CC(=O)O)c2ccc(-c3cnc(N)nc3)cc12.Cl.O=C(Nc1ccc(F)c(Br)n1)[C@@H]1C[C@H]2C[C@H]2N1.S.S=S. The molecular weight excluding hydrogens is 1290 g/mol. The van der Waals surface area contributed by atoms with Gasteiger partial charge in [0.05, 0.1) is 17.1 Å². The molecule has 4 fully saturated rings. The molecule has 8 aromatic rings. The van der Waals surface area contributed by atoms with Crippen molar-refractivity contribution in [1.82, 2.24) is 59.7 Å². The number of carbonyl (C=O) groups is 6. The third-order valence-electron chi connectivity index (χ3n) is 13.7. The molecule has 31 heteroatoms. The van der Waals surface area contributed by atoms with Crippen LogP contribution in [0.5, 0.6) is 0 Å². The van der Waals surface area contributed by atoms with Gasteiger partial charge in [-0.15, -0.1) is 12.4 Å². The van der Waals surface area contributed by atoms with Gasteiger partial charge in [-0.1, -0.05) is 12.1 Å². The molecule has 0 unspecified atom stereocenters. The van der Waals surface area contributed by atoms with Crippen LogP contribution in [0.4, 0.5) is 32.3 Å². The van der Waals surface area contributed by atoms with Crippen molar-refractivity contribution in [3.8, 4) is 22.3 Å². The van der Waals surface area contributed by atoms with Crippen molar-refractivity contribution in [2.24, 2.45) is 11.8 Å². The molecule has 12 rings (SSSR count). The molecule has 2 aliphatic carbocycles. The van der Waals surface area contributed by atoms with Gasteiger partial charge in [0.25, 0.3) is 0 Å². The molecular formula is C52H49Br2ClF2N16O7S3. The Balaban J connectivity index is 0.000000191. The summed E-state index contributed by atoms with van der Waals surface area (Å²) in [7, 11) is 0. The van der Waals surface area contributed by atoms with Crippen LogP contribution in [0.1, 0.15) is 60.5 Å². The third kappa shape index (κ3) is 14.5. The van der Waals surface area contributed by atoms with E-state index in [9.17, 15) is 37.5 Å². The number of halogens is 5. The fourth-order valence-corrected chi connectivity index (χ4v) is 10.4. The first-order valence-electron chi connectivity index (χ1n) is 24.7. The predicted octanol–water partition coefficient (Wildman–Crippen LogP) is 6.77. The lowest BCUT2D eigenvalue weighted by Gasteiger charge is -2.26. The Morgan fingerprint density at radius 3 is 1.57 bits per heavy atom. The number of hydrogen-bond acceptors (Lipinski definition) is 19. The third-order valence-corrected chi connectivity index (χ3v) is 14.9. The number of nitrogens with zero attached hydrogens (tertiary/aromatic N) is 11. The van der Waals surface area contributed by atoms with Crippen molar-refractivity contribution < 1.29 is 42.7 Å². The number of carboxylic acid groups (broad SMARTS) is 1. The minimum absolute atomic E-state index is 0. The molecule has 2 saturated heterocycles. The predicted molar refractivity (Wildman–Crippen MR) is 322 cm³/mol. The van der Waals surface area contributed by atoms with E-state index in [4.69, 9.17) is 16.6 Å². The van der Waals surface area contributed by atoms with Gasteiger partial charge >= 0.3 is 5.97 Å². The van der Waals surface area contributed by atoms with Crippen LogP contribution in [0.25, 0.3) is 44.1 Å². The number of Topliss-reactive ketones (excluding diaryl/α,β-unsaturated/α-hetero) is 2. The summed E-state index contributed by atoms with van der Waals surface area (Å²) in [5.41, 5.74) is 15.8. The van der Waals surface area contributed by atoms with E-state index in [0.717, 1.165) is 35.1 Å². The lowest BCUT2D eigenvalue weighted by molar-refractivity contribution is -0.138. The van der Waals surface area contributed by atoms with E-state index in [1.165, 1.54) is 53.9 Å². The Labute approximate surface area is 510 Å². The highest BCUT2D eigenvalue weighted by Gasteiger charge is 2.56. The van der Waals surface area contributed by atoms with Gasteiger partial charge in [0.1, 0.15) is 51.4 Å². The maximum absolute atomic E-state index is 13.6. The van der Waals surface area contributed by atoms with Crippen LogP contribution in [0.15, 0.2) is 94.7 Å². The number of piperidine rings is 2. The van der Waals surface area contributed by atoms with Gasteiger partial charge in [-0.3, -0.25) is 38.1 Å². The average molecular weight is 1340 g/mol. The summed E-state index contributed by atoms with van der Waals surface area (Å²) in [5, 5.41) is 27.3. The van der Waals surface area contributed by atoms with E-state index >= 15 is 0 Å². The number of nitrogen functional groups attached to an aromatic ring is 2. The molecule has 2 aliphatic heterocycles. The smallest absolute Gasteiger partial charge is 0.325 e. The van der Waals surface area contributed by atoms with Gasteiger partial charge in [-0.25, -0.2) is 38.7 Å². The molecule has 0 spiro atoms. The summed E-state index contributed by atoms with van der Waals surface area (Å²) in [4.78, 5) is 99.1. The van der Waals surface area contributed by atoms with Crippen LogP contribution in [0, 0.1) is 23.5 Å². The minimum Gasteiger partial charge on any atom is -0.480 e. The van der Waals surface area contributed by atoms with E-state index in [1.54, 1.807) is 54.0 Å². The zero-order valence-electron chi connectivity index (χ0n) is 43.5. The second-order valence-corrected chi connectivity index (χ2v) is 20.7. The molecule has 3 amide bonds. The molecule has 23 nitrogen and oxygen atoms in total. The number of nitrogens with two attached hydrogens (primary N) is 2. The van der Waals surface area contributed by atoms with E-state index in [0.29, 0.717) is 46.0 Å². The molecule has 8 heterocycles. The topological polar surface area (TPSA) is 327 Å². The van der Waals surface area contributed by atoms with Crippen molar-refractivity contribution >= 4 is 161 Å². The van der Waals surface area contributed by atoms with Gasteiger partial charge in [0.15, 0.2) is 23.2 Å². The number of anilines is 4. The van der Waals surface area contributed by atoms with Gasteiger partial charge in [0, 0.05) is 95.0 Å². The van der Waals surface area contributed by atoms with Crippen molar-refractivity contribution in [2.45, 2.75) is 76.8 Å². The minimum atomic E-state index is -1.03. The number of likely N-dealkylation sites (tertiary alicyclic amines) is 1. The fourth-order valence-electron chi connectivity index (χ4n) is 9.76. The summed E-state index contributed by atoms with van der Waals surface area (Å²) >= 11 is 13.3. The van der Waals surface area contributed by atoms with Crippen LogP contribution in [0.3, 0.4) is 0 Å². The van der Waals surface area contributed by atoms with Crippen molar-refractivity contribution in [1.29, 1.82) is 0 Å². The number of nitrogens with one attached hydrogen (secondary N) is 3. The Morgan fingerprint density at radius 2 is 1.13 bits per heavy atom. The second kappa shape index (κ2) is 26.8. The largest absolute Gasteiger partial charge is 0.480 e. The Bertz CT molecular complexity index is 3810. The monoisotopic (exact) mass is 1340 g/mol. The number of rotatable bonds is 12. The quantitative estimate of drug-likeness (QED) is 0.0543. The van der Waals surface area contributed by atoms with Crippen molar-refractivity contribution in [2.75, 3.05) is 22.1 Å². The van der Waals surface area contributed by atoms with E-state index in [-0.39, 0.29) is 125 Å². The summed E-state index contributed by atoms with van der Waals surface area (Å²) < 4.78 is 29.4. The Morgan fingerprint density at radius 1 is 0.663 bits per heavy atom.